The van der Waals surface area contributed by atoms with E-state index in [-0.39, 0.29) is 5.56 Å². The van der Waals surface area contributed by atoms with Crippen LogP contribution in [0, 0.1) is 12.8 Å². The number of pyridine rings is 1. The SMILES string of the molecule is Cc1ccc(=O)n(CC2CCN(c3nnc4ccccn34)CC2)n1. The van der Waals surface area contributed by atoms with Crippen LogP contribution in [0.4, 0.5) is 5.95 Å². The van der Waals surface area contributed by atoms with Gasteiger partial charge in [0.2, 0.25) is 5.95 Å². The van der Waals surface area contributed by atoms with Gasteiger partial charge in [-0.3, -0.25) is 9.20 Å². The Labute approximate surface area is 139 Å². The van der Waals surface area contributed by atoms with Crippen molar-refractivity contribution in [3.63, 3.8) is 0 Å². The monoisotopic (exact) mass is 324 g/mol. The smallest absolute Gasteiger partial charge is 0.266 e. The van der Waals surface area contributed by atoms with E-state index in [0.717, 1.165) is 43.2 Å². The van der Waals surface area contributed by atoms with Gasteiger partial charge in [-0.15, -0.1) is 10.2 Å². The Balaban J connectivity index is 1.45. The van der Waals surface area contributed by atoms with Crippen LogP contribution in [0.2, 0.25) is 0 Å². The molecule has 0 bridgehead atoms. The van der Waals surface area contributed by atoms with Crippen LogP contribution in [0.3, 0.4) is 0 Å². The molecule has 1 saturated heterocycles. The van der Waals surface area contributed by atoms with Gasteiger partial charge in [-0.1, -0.05) is 6.07 Å². The molecule has 0 amide bonds. The predicted molar refractivity (Wildman–Crippen MR) is 91.2 cm³/mol. The number of hydrogen-bond acceptors (Lipinski definition) is 5. The van der Waals surface area contributed by atoms with Crippen molar-refractivity contribution in [1.82, 2.24) is 24.4 Å². The number of aromatic nitrogens is 5. The lowest BCUT2D eigenvalue weighted by molar-refractivity contribution is 0.332. The highest BCUT2D eigenvalue weighted by Gasteiger charge is 2.23. The molecule has 7 heteroatoms. The van der Waals surface area contributed by atoms with Crippen molar-refractivity contribution in [3.8, 4) is 0 Å². The molecular formula is C17H20N6O. The first kappa shape index (κ1) is 14.9. The normalized spacial score (nSPS) is 16.0. The minimum Gasteiger partial charge on any atom is -0.341 e. The van der Waals surface area contributed by atoms with E-state index in [1.165, 1.54) is 0 Å². The lowest BCUT2D eigenvalue weighted by Gasteiger charge is -2.31. The first-order valence-electron chi connectivity index (χ1n) is 8.30. The van der Waals surface area contributed by atoms with E-state index in [4.69, 9.17) is 0 Å². The van der Waals surface area contributed by atoms with Crippen LogP contribution < -0.4 is 10.5 Å². The number of fused-ring (bicyclic) bond motifs is 1. The first-order chi connectivity index (χ1) is 11.7. The van der Waals surface area contributed by atoms with E-state index in [0.29, 0.717) is 12.5 Å². The fraction of sp³-hybridized carbons (Fsp3) is 0.412. The second kappa shape index (κ2) is 6.07. The topological polar surface area (TPSA) is 68.3 Å². The standard InChI is InChI=1S/C17H20N6O/c1-13-5-6-16(24)23(20-13)12-14-7-10-21(11-8-14)17-19-18-15-4-2-3-9-22(15)17/h2-6,9,14H,7-8,10-12H2,1H3. The van der Waals surface area contributed by atoms with Gasteiger partial charge < -0.3 is 4.90 Å². The fourth-order valence-electron chi connectivity index (χ4n) is 3.29. The third-order valence-corrected chi connectivity index (χ3v) is 4.62. The van der Waals surface area contributed by atoms with E-state index in [2.05, 4.69) is 20.2 Å². The molecule has 4 heterocycles. The molecule has 4 rings (SSSR count). The summed E-state index contributed by atoms with van der Waals surface area (Å²) in [4.78, 5) is 14.2. The van der Waals surface area contributed by atoms with Gasteiger partial charge in [0.15, 0.2) is 5.65 Å². The fourth-order valence-corrected chi connectivity index (χ4v) is 3.29. The Morgan fingerprint density at radius 2 is 1.96 bits per heavy atom. The molecule has 0 aliphatic carbocycles. The van der Waals surface area contributed by atoms with Crippen LogP contribution >= 0.6 is 0 Å². The predicted octanol–water partition coefficient (Wildman–Crippen LogP) is 1.51. The molecule has 0 unspecified atom stereocenters. The zero-order valence-electron chi connectivity index (χ0n) is 13.7. The molecule has 0 spiro atoms. The zero-order chi connectivity index (χ0) is 16.5. The molecule has 1 aliphatic rings. The Bertz CT molecular complexity index is 907. The zero-order valence-corrected chi connectivity index (χ0v) is 13.7. The van der Waals surface area contributed by atoms with E-state index in [9.17, 15) is 4.79 Å². The highest BCUT2D eigenvalue weighted by atomic mass is 16.1. The maximum Gasteiger partial charge on any atom is 0.266 e. The maximum absolute atomic E-state index is 11.9. The van der Waals surface area contributed by atoms with Crippen LogP contribution in [0.15, 0.2) is 41.3 Å². The minimum atomic E-state index is -0.0218. The number of piperidine rings is 1. The molecule has 0 radical (unpaired) electrons. The van der Waals surface area contributed by atoms with Gasteiger partial charge >= 0.3 is 0 Å². The molecule has 1 fully saturated rings. The summed E-state index contributed by atoms with van der Waals surface area (Å²) in [5, 5.41) is 12.9. The van der Waals surface area contributed by atoms with Crippen LogP contribution in [0.5, 0.6) is 0 Å². The summed E-state index contributed by atoms with van der Waals surface area (Å²) < 4.78 is 3.62. The molecule has 24 heavy (non-hydrogen) atoms. The summed E-state index contributed by atoms with van der Waals surface area (Å²) in [6.45, 7) is 4.44. The largest absolute Gasteiger partial charge is 0.341 e. The lowest BCUT2D eigenvalue weighted by atomic mass is 9.97. The van der Waals surface area contributed by atoms with Crippen molar-refractivity contribution in [2.45, 2.75) is 26.3 Å². The average Bonchev–Trinajstić information content (AvgIpc) is 3.03. The Morgan fingerprint density at radius 1 is 1.12 bits per heavy atom. The second-order valence-electron chi connectivity index (χ2n) is 6.35. The van der Waals surface area contributed by atoms with E-state index >= 15 is 0 Å². The summed E-state index contributed by atoms with van der Waals surface area (Å²) in [7, 11) is 0. The van der Waals surface area contributed by atoms with Crippen molar-refractivity contribution in [2.75, 3.05) is 18.0 Å². The maximum atomic E-state index is 11.9. The van der Waals surface area contributed by atoms with Gasteiger partial charge in [0.05, 0.1) is 5.69 Å². The molecule has 0 aromatic carbocycles. The van der Waals surface area contributed by atoms with Crippen LogP contribution in [0.25, 0.3) is 5.65 Å². The van der Waals surface area contributed by atoms with Crippen LogP contribution in [-0.2, 0) is 6.54 Å². The van der Waals surface area contributed by atoms with Gasteiger partial charge in [0, 0.05) is 31.9 Å². The van der Waals surface area contributed by atoms with Crippen molar-refractivity contribution >= 4 is 11.6 Å². The Kier molecular flexibility index (Phi) is 3.76. The van der Waals surface area contributed by atoms with Gasteiger partial charge in [-0.05, 0) is 43.9 Å². The third kappa shape index (κ3) is 2.77. The molecular weight excluding hydrogens is 304 g/mol. The number of nitrogens with zero attached hydrogens (tertiary/aromatic N) is 6. The summed E-state index contributed by atoms with van der Waals surface area (Å²) in [6.07, 6.45) is 4.03. The van der Waals surface area contributed by atoms with E-state index < -0.39 is 0 Å². The van der Waals surface area contributed by atoms with Gasteiger partial charge in [0.25, 0.3) is 5.56 Å². The van der Waals surface area contributed by atoms with Crippen LogP contribution in [0.1, 0.15) is 18.5 Å². The van der Waals surface area contributed by atoms with Crippen LogP contribution in [-0.4, -0.2) is 37.5 Å². The number of aryl methyl sites for hydroxylation is 1. The minimum absolute atomic E-state index is 0.0218. The van der Waals surface area contributed by atoms with Crippen molar-refractivity contribution in [2.24, 2.45) is 5.92 Å². The lowest BCUT2D eigenvalue weighted by Crippen LogP contribution is -2.37. The number of hydrogen-bond donors (Lipinski definition) is 0. The molecule has 3 aromatic heterocycles. The first-order valence-corrected chi connectivity index (χ1v) is 8.30. The Morgan fingerprint density at radius 3 is 2.79 bits per heavy atom. The van der Waals surface area contributed by atoms with Crippen molar-refractivity contribution in [1.29, 1.82) is 0 Å². The van der Waals surface area contributed by atoms with Gasteiger partial charge in [-0.2, -0.15) is 5.10 Å². The number of rotatable bonds is 3. The highest BCUT2D eigenvalue weighted by molar-refractivity contribution is 5.46. The van der Waals surface area contributed by atoms with Gasteiger partial charge in [0.1, 0.15) is 0 Å². The van der Waals surface area contributed by atoms with Gasteiger partial charge in [-0.25, -0.2) is 4.68 Å². The molecule has 124 valence electrons. The molecule has 0 N–H and O–H groups in total. The summed E-state index contributed by atoms with van der Waals surface area (Å²) in [6, 6.07) is 9.27. The second-order valence-corrected chi connectivity index (χ2v) is 6.35. The molecule has 0 atom stereocenters. The average molecular weight is 324 g/mol. The molecule has 3 aromatic rings. The summed E-state index contributed by atoms with van der Waals surface area (Å²) in [5.74, 6) is 1.36. The number of anilines is 1. The quantitative estimate of drug-likeness (QED) is 0.730. The summed E-state index contributed by atoms with van der Waals surface area (Å²) >= 11 is 0. The highest BCUT2D eigenvalue weighted by Crippen LogP contribution is 2.23. The molecule has 7 nitrogen and oxygen atoms in total. The molecule has 0 saturated carbocycles. The summed E-state index contributed by atoms with van der Waals surface area (Å²) in [5.41, 5.74) is 1.72. The van der Waals surface area contributed by atoms with Crippen molar-refractivity contribution in [3.05, 3.63) is 52.6 Å². The third-order valence-electron chi connectivity index (χ3n) is 4.62. The molecule has 1 aliphatic heterocycles. The van der Waals surface area contributed by atoms with E-state index in [1.807, 2.05) is 35.7 Å². The Hall–Kier alpha value is -2.70. The van der Waals surface area contributed by atoms with E-state index in [1.54, 1.807) is 16.8 Å². The van der Waals surface area contributed by atoms with Crippen molar-refractivity contribution < 1.29 is 0 Å².